The fourth-order valence-corrected chi connectivity index (χ4v) is 2.02. The summed E-state index contributed by atoms with van der Waals surface area (Å²) in [6.45, 7) is 3.22. The molecule has 0 saturated heterocycles. The molecule has 2 rings (SSSR count). The van der Waals surface area contributed by atoms with E-state index < -0.39 is 0 Å². The highest BCUT2D eigenvalue weighted by atomic mass is 19.1. The molecule has 122 valence electrons. The first-order chi connectivity index (χ1) is 11.2. The van der Waals surface area contributed by atoms with Crippen LogP contribution in [0.5, 0.6) is 0 Å². The van der Waals surface area contributed by atoms with E-state index in [1.54, 1.807) is 24.4 Å². The van der Waals surface area contributed by atoms with Gasteiger partial charge in [-0.15, -0.1) is 0 Å². The molecular formula is C17H21FN4O. The highest BCUT2D eigenvalue weighted by Gasteiger charge is 2.08. The second kappa shape index (κ2) is 8.82. The summed E-state index contributed by atoms with van der Waals surface area (Å²) < 4.78 is 12.9. The maximum absolute atomic E-state index is 12.9. The minimum atomic E-state index is -0.272. The molecule has 6 heteroatoms. The van der Waals surface area contributed by atoms with E-state index in [2.05, 4.69) is 27.5 Å². The van der Waals surface area contributed by atoms with Crippen LogP contribution in [-0.4, -0.2) is 22.4 Å². The molecule has 0 aliphatic rings. The minimum Gasteiger partial charge on any atom is -0.351 e. The van der Waals surface area contributed by atoms with Crippen molar-refractivity contribution in [1.82, 2.24) is 15.3 Å². The largest absolute Gasteiger partial charge is 0.351 e. The summed E-state index contributed by atoms with van der Waals surface area (Å²) in [5.74, 6) is -0.101. The van der Waals surface area contributed by atoms with E-state index in [-0.39, 0.29) is 11.7 Å². The molecule has 0 unspecified atom stereocenters. The van der Waals surface area contributed by atoms with E-state index in [0.717, 1.165) is 24.8 Å². The van der Waals surface area contributed by atoms with Crippen molar-refractivity contribution in [1.29, 1.82) is 0 Å². The number of nitrogens with one attached hydrogen (secondary N) is 2. The van der Waals surface area contributed by atoms with Crippen LogP contribution in [0.1, 0.15) is 42.2 Å². The minimum absolute atomic E-state index is 0.201. The third-order valence-corrected chi connectivity index (χ3v) is 3.32. The van der Waals surface area contributed by atoms with E-state index in [9.17, 15) is 9.18 Å². The zero-order valence-electron chi connectivity index (χ0n) is 13.2. The Balaban J connectivity index is 1.88. The van der Waals surface area contributed by atoms with Crippen LogP contribution in [0.25, 0.3) is 0 Å². The van der Waals surface area contributed by atoms with Gasteiger partial charge in [-0.2, -0.15) is 0 Å². The lowest BCUT2D eigenvalue weighted by molar-refractivity contribution is 0.0948. The molecular weight excluding hydrogens is 295 g/mol. The van der Waals surface area contributed by atoms with Gasteiger partial charge in [-0.1, -0.05) is 31.9 Å². The van der Waals surface area contributed by atoms with E-state index in [1.165, 1.54) is 12.1 Å². The number of carbonyl (C=O) groups excluding carboxylic acids is 1. The molecule has 0 spiro atoms. The van der Waals surface area contributed by atoms with Gasteiger partial charge in [0.25, 0.3) is 5.91 Å². The van der Waals surface area contributed by atoms with Crippen molar-refractivity contribution >= 4 is 11.9 Å². The van der Waals surface area contributed by atoms with Gasteiger partial charge >= 0.3 is 0 Å². The molecule has 0 bridgehead atoms. The first-order valence-corrected chi connectivity index (χ1v) is 7.78. The number of carbonyl (C=O) groups is 1. The number of nitrogens with zero attached hydrogens (tertiary/aromatic N) is 2. The summed E-state index contributed by atoms with van der Waals surface area (Å²) >= 11 is 0. The normalized spacial score (nSPS) is 10.3. The molecule has 1 amide bonds. The van der Waals surface area contributed by atoms with Crippen LogP contribution in [-0.2, 0) is 6.54 Å². The van der Waals surface area contributed by atoms with Crippen LogP contribution in [0.4, 0.5) is 10.3 Å². The standard InChI is InChI=1S/C17H21FN4O/c1-2-3-4-10-19-16(23)15-9-11-20-17(22-15)21-12-13-5-7-14(18)8-6-13/h5-9,11H,2-4,10,12H2,1H3,(H,19,23)(H,20,21,22). The smallest absolute Gasteiger partial charge is 0.270 e. The third kappa shape index (κ3) is 5.65. The van der Waals surface area contributed by atoms with Crippen LogP contribution in [0.3, 0.4) is 0 Å². The van der Waals surface area contributed by atoms with Crippen LogP contribution < -0.4 is 10.6 Å². The SMILES string of the molecule is CCCCCNC(=O)c1ccnc(NCc2ccc(F)cc2)n1. The number of halogens is 1. The van der Waals surface area contributed by atoms with Crippen molar-refractivity contribution in [2.75, 3.05) is 11.9 Å². The molecule has 1 aromatic carbocycles. The predicted molar refractivity (Wildman–Crippen MR) is 87.6 cm³/mol. The number of hydrogen-bond acceptors (Lipinski definition) is 4. The Morgan fingerprint density at radius 1 is 1.17 bits per heavy atom. The Morgan fingerprint density at radius 3 is 2.70 bits per heavy atom. The Bertz CT molecular complexity index is 631. The summed E-state index contributed by atoms with van der Waals surface area (Å²) in [5.41, 5.74) is 1.24. The molecule has 1 aromatic heterocycles. The molecule has 1 heterocycles. The number of unbranched alkanes of at least 4 members (excludes halogenated alkanes) is 2. The van der Waals surface area contributed by atoms with Gasteiger partial charge in [0, 0.05) is 19.3 Å². The fraction of sp³-hybridized carbons (Fsp3) is 0.353. The summed E-state index contributed by atoms with van der Waals surface area (Å²) in [7, 11) is 0. The van der Waals surface area contributed by atoms with Gasteiger partial charge in [0.05, 0.1) is 0 Å². The van der Waals surface area contributed by atoms with Crippen LogP contribution in [0.15, 0.2) is 36.5 Å². The van der Waals surface area contributed by atoms with Crippen LogP contribution >= 0.6 is 0 Å². The number of benzene rings is 1. The molecule has 23 heavy (non-hydrogen) atoms. The molecule has 0 fully saturated rings. The maximum Gasteiger partial charge on any atom is 0.270 e. The third-order valence-electron chi connectivity index (χ3n) is 3.32. The van der Waals surface area contributed by atoms with E-state index in [0.29, 0.717) is 24.7 Å². The molecule has 2 aromatic rings. The summed E-state index contributed by atoms with van der Waals surface area (Å²) in [6.07, 6.45) is 4.71. The highest BCUT2D eigenvalue weighted by molar-refractivity contribution is 5.92. The maximum atomic E-state index is 12.9. The average Bonchev–Trinajstić information content (AvgIpc) is 2.58. The van der Waals surface area contributed by atoms with Crippen molar-refractivity contribution in [2.45, 2.75) is 32.7 Å². The second-order valence-corrected chi connectivity index (χ2v) is 5.21. The van der Waals surface area contributed by atoms with Gasteiger partial charge in [-0.3, -0.25) is 4.79 Å². The van der Waals surface area contributed by atoms with Crippen molar-refractivity contribution < 1.29 is 9.18 Å². The Labute approximate surface area is 135 Å². The first-order valence-electron chi connectivity index (χ1n) is 7.78. The quantitative estimate of drug-likeness (QED) is 0.734. The van der Waals surface area contributed by atoms with Gasteiger partial charge in [0.1, 0.15) is 11.5 Å². The predicted octanol–water partition coefficient (Wildman–Crippen LogP) is 3.15. The summed E-state index contributed by atoms with van der Waals surface area (Å²) in [5, 5.41) is 5.87. The summed E-state index contributed by atoms with van der Waals surface area (Å²) in [4.78, 5) is 20.3. The number of anilines is 1. The van der Waals surface area contributed by atoms with Crippen molar-refractivity contribution in [3.8, 4) is 0 Å². The number of hydrogen-bond donors (Lipinski definition) is 2. The highest BCUT2D eigenvalue weighted by Crippen LogP contribution is 2.06. The molecule has 0 saturated carbocycles. The zero-order valence-corrected chi connectivity index (χ0v) is 13.2. The zero-order chi connectivity index (χ0) is 16.5. The van der Waals surface area contributed by atoms with Gasteiger partial charge in [0.2, 0.25) is 5.95 Å². The molecule has 0 aliphatic heterocycles. The van der Waals surface area contributed by atoms with E-state index >= 15 is 0 Å². The average molecular weight is 316 g/mol. The first kappa shape index (κ1) is 16.9. The van der Waals surface area contributed by atoms with Gasteiger partial charge in [-0.05, 0) is 30.2 Å². The molecule has 5 nitrogen and oxygen atoms in total. The lowest BCUT2D eigenvalue weighted by atomic mass is 10.2. The van der Waals surface area contributed by atoms with Crippen molar-refractivity contribution in [2.24, 2.45) is 0 Å². The van der Waals surface area contributed by atoms with E-state index in [4.69, 9.17) is 0 Å². The van der Waals surface area contributed by atoms with Gasteiger partial charge in [0.15, 0.2) is 0 Å². The Morgan fingerprint density at radius 2 is 1.96 bits per heavy atom. The molecule has 0 atom stereocenters. The second-order valence-electron chi connectivity index (χ2n) is 5.21. The Kier molecular flexibility index (Phi) is 6.47. The topological polar surface area (TPSA) is 66.9 Å². The van der Waals surface area contributed by atoms with E-state index in [1.807, 2.05) is 0 Å². The molecule has 0 aliphatic carbocycles. The fourth-order valence-electron chi connectivity index (χ4n) is 2.02. The lowest BCUT2D eigenvalue weighted by Crippen LogP contribution is -2.25. The van der Waals surface area contributed by atoms with Crippen LogP contribution in [0, 0.1) is 5.82 Å². The van der Waals surface area contributed by atoms with Gasteiger partial charge in [-0.25, -0.2) is 14.4 Å². The van der Waals surface area contributed by atoms with Crippen LogP contribution in [0.2, 0.25) is 0 Å². The number of aromatic nitrogens is 2. The van der Waals surface area contributed by atoms with Gasteiger partial charge < -0.3 is 10.6 Å². The number of amides is 1. The van der Waals surface area contributed by atoms with Crippen molar-refractivity contribution in [3.05, 3.63) is 53.6 Å². The number of rotatable bonds is 8. The molecule has 2 N–H and O–H groups in total. The Hall–Kier alpha value is -2.50. The lowest BCUT2D eigenvalue weighted by Gasteiger charge is -2.07. The van der Waals surface area contributed by atoms with Crippen molar-refractivity contribution in [3.63, 3.8) is 0 Å². The monoisotopic (exact) mass is 316 g/mol. The molecule has 0 radical (unpaired) electrons. The summed E-state index contributed by atoms with van der Waals surface area (Å²) in [6, 6.07) is 7.76.